The molecule has 2 aliphatic heterocycles. The number of carbonyl (C=O) groups excluding carboxylic acids is 3. The first-order valence-corrected chi connectivity index (χ1v) is 18.0. The van der Waals surface area contributed by atoms with E-state index in [1.54, 1.807) is 25.1 Å². The number of rotatable bonds is 3. The number of halogens is 2. The maximum Gasteiger partial charge on any atom is 0.408 e. The number of alkyl halides is 2. The molecule has 2 saturated carbocycles. The lowest BCUT2D eigenvalue weighted by Crippen LogP contribution is -2.59. The Morgan fingerprint density at radius 3 is 2.41 bits per heavy atom. The topological polar surface area (TPSA) is 120 Å². The molecule has 2 aliphatic carbocycles. The molecule has 6 atom stereocenters. The van der Waals surface area contributed by atoms with Gasteiger partial charge in [0.2, 0.25) is 11.8 Å². The summed E-state index contributed by atoms with van der Waals surface area (Å²) in [6, 6.07) is 3.02. The molecule has 6 rings (SSSR count). The van der Waals surface area contributed by atoms with Gasteiger partial charge in [0.05, 0.1) is 30.7 Å². The summed E-state index contributed by atoms with van der Waals surface area (Å²) in [4.78, 5) is 52.0. The Kier molecular flexibility index (Phi) is 9.80. The maximum atomic E-state index is 16.2. The molecular formula is C37H50F2N4O6. The number of hydrogen-bond donors (Lipinski definition) is 1. The van der Waals surface area contributed by atoms with Crippen LogP contribution in [-0.2, 0) is 20.2 Å². The van der Waals surface area contributed by atoms with Crippen molar-refractivity contribution in [2.75, 3.05) is 13.7 Å². The van der Waals surface area contributed by atoms with Crippen molar-refractivity contribution >= 4 is 28.8 Å². The molecule has 1 saturated heterocycles. The van der Waals surface area contributed by atoms with Gasteiger partial charge in [-0.15, -0.1) is 0 Å². The van der Waals surface area contributed by atoms with Gasteiger partial charge in [0, 0.05) is 18.4 Å². The molecule has 2 amide bonds. The maximum absolute atomic E-state index is 16.2. The molecule has 2 aromatic rings. The van der Waals surface area contributed by atoms with Gasteiger partial charge in [-0.3, -0.25) is 9.59 Å². The average Bonchev–Trinajstić information content (AvgIpc) is 3.58. The van der Waals surface area contributed by atoms with Gasteiger partial charge in [-0.05, 0) is 82.3 Å². The molecule has 268 valence electrons. The minimum atomic E-state index is -3.37. The van der Waals surface area contributed by atoms with E-state index < -0.39 is 65.2 Å². The largest absolute Gasteiger partial charge is 0.497 e. The number of amides is 2. The van der Waals surface area contributed by atoms with E-state index in [1.165, 1.54) is 18.9 Å². The van der Waals surface area contributed by atoms with Crippen LogP contribution in [0.25, 0.3) is 11.0 Å². The van der Waals surface area contributed by atoms with E-state index in [4.69, 9.17) is 14.2 Å². The zero-order valence-electron chi connectivity index (χ0n) is 29.4. The molecule has 1 unspecified atom stereocenters. The number of Topliss-reactive ketones (excluding diaryl/α,β-unsaturated/α-hetero) is 1. The Balaban J connectivity index is 1.43. The number of nitrogens with one attached hydrogen (secondary N) is 1. The summed E-state index contributed by atoms with van der Waals surface area (Å²) in [6.45, 7) is 7.09. The summed E-state index contributed by atoms with van der Waals surface area (Å²) in [6.07, 6.45) is 6.07. The fourth-order valence-electron chi connectivity index (χ4n) is 8.89. The SMILES string of the molecule is COc1ccc2nc3c(nc2c1)O[C@H]1CN(C(=O)[C@H](C2(C)CCCCC2)NC(=O)O[C@]2(C)CCCC2CCCCC3(F)F)[C@H](C(C)=O)[C@@H]1C. The summed E-state index contributed by atoms with van der Waals surface area (Å²) in [5, 5.41) is 3.00. The molecule has 1 aromatic carbocycles. The minimum Gasteiger partial charge on any atom is -0.497 e. The average molecular weight is 685 g/mol. The van der Waals surface area contributed by atoms with E-state index in [9.17, 15) is 14.4 Å². The number of benzene rings is 1. The van der Waals surface area contributed by atoms with Gasteiger partial charge in [-0.2, -0.15) is 8.78 Å². The van der Waals surface area contributed by atoms with Crippen LogP contribution in [0, 0.1) is 17.3 Å². The number of methoxy groups -OCH3 is 1. The van der Waals surface area contributed by atoms with Crippen LogP contribution < -0.4 is 14.8 Å². The normalized spacial score (nSPS) is 32.1. The number of carbonyl (C=O) groups is 3. The summed E-state index contributed by atoms with van der Waals surface area (Å²) >= 11 is 0. The Labute approximate surface area is 287 Å². The molecule has 0 spiro atoms. The second-order valence-corrected chi connectivity index (χ2v) is 15.3. The molecule has 49 heavy (non-hydrogen) atoms. The van der Waals surface area contributed by atoms with Crippen LogP contribution in [0.2, 0.25) is 0 Å². The molecular weight excluding hydrogens is 634 g/mol. The highest BCUT2D eigenvalue weighted by molar-refractivity contribution is 5.92. The standard InChI is InChI=1S/C37H50F2N4O6/c1-22-28-21-43(29(22)23(2)44)33(45)31(35(3)16-8-6-9-17-35)42-34(46)49-36(4)18-11-13-24(36)12-7-10-19-37(38,39)30-32(48-28)41-27-20-25(47-5)14-15-26(27)40-30/h14-15,20,22,24,28-29,31H,6-13,16-19,21H2,1-5H3,(H,42,46)/t22-,24?,28+,29+,31-,36-/m1/s1. The quantitative estimate of drug-likeness (QED) is 0.363. The first-order chi connectivity index (χ1) is 23.2. The van der Waals surface area contributed by atoms with Crippen molar-refractivity contribution in [1.29, 1.82) is 0 Å². The van der Waals surface area contributed by atoms with E-state index in [-0.39, 0.29) is 36.1 Å². The Hall–Kier alpha value is -3.57. The van der Waals surface area contributed by atoms with Crippen LogP contribution in [0.1, 0.15) is 110 Å². The van der Waals surface area contributed by atoms with E-state index in [1.807, 2.05) is 13.8 Å². The molecule has 1 aromatic heterocycles. The van der Waals surface area contributed by atoms with Gasteiger partial charge >= 0.3 is 6.09 Å². The fraction of sp³-hybridized carbons (Fsp3) is 0.703. The molecule has 3 fully saturated rings. The molecule has 2 bridgehead atoms. The second kappa shape index (κ2) is 13.6. The van der Waals surface area contributed by atoms with Crippen LogP contribution in [0.3, 0.4) is 0 Å². The predicted molar refractivity (Wildman–Crippen MR) is 179 cm³/mol. The number of aromatic nitrogens is 2. The predicted octanol–water partition coefficient (Wildman–Crippen LogP) is 7.11. The van der Waals surface area contributed by atoms with Gasteiger partial charge in [0.15, 0.2) is 11.5 Å². The number of nitrogens with zero attached hydrogens (tertiary/aromatic N) is 3. The third-order valence-corrected chi connectivity index (χ3v) is 11.9. The zero-order chi connectivity index (χ0) is 35.1. The third-order valence-electron chi connectivity index (χ3n) is 11.9. The molecule has 1 N–H and O–H groups in total. The van der Waals surface area contributed by atoms with Gasteiger partial charge in [-0.1, -0.05) is 39.5 Å². The zero-order valence-corrected chi connectivity index (χ0v) is 29.4. The van der Waals surface area contributed by atoms with Gasteiger partial charge in [0.1, 0.15) is 23.5 Å². The van der Waals surface area contributed by atoms with Gasteiger partial charge in [-0.25, -0.2) is 14.8 Å². The second-order valence-electron chi connectivity index (χ2n) is 15.3. The van der Waals surface area contributed by atoms with Crippen LogP contribution in [0.15, 0.2) is 18.2 Å². The van der Waals surface area contributed by atoms with Crippen LogP contribution >= 0.6 is 0 Å². The minimum absolute atomic E-state index is 0.00166. The lowest BCUT2D eigenvalue weighted by Gasteiger charge is -2.42. The molecule has 3 heterocycles. The summed E-state index contributed by atoms with van der Waals surface area (Å²) in [5.41, 5.74) is -1.30. The molecule has 10 nitrogen and oxygen atoms in total. The van der Waals surface area contributed by atoms with Crippen molar-refractivity contribution in [3.8, 4) is 11.6 Å². The fourth-order valence-corrected chi connectivity index (χ4v) is 8.89. The van der Waals surface area contributed by atoms with Crippen molar-refractivity contribution in [2.45, 2.75) is 134 Å². The summed E-state index contributed by atoms with van der Waals surface area (Å²) in [5.74, 6) is -4.40. The van der Waals surface area contributed by atoms with Gasteiger partial charge in [0.25, 0.3) is 5.92 Å². The van der Waals surface area contributed by atoms with E-state index >= 15 is 8.78 Å². The number of fused-ring (bicyclic) bond motifs is 5. The van der Waals surface area contributed by atoms with E-state index in [0.29, 0.717) is 30.5 Å². The van der Waals surface area contributed by atoms with Crippen molar-refractivity contribution in [3.63, 3.8) is 0 Å². The summed E-state index contributed by atoms with van der Waals surface area (Å²) in [7, 11) is 1.50. The van der Waals surface area contributed by atoms with Gasteiger partial charge < -0.3 is 24.4 Å². The molecule has 4 aliphatic rings. The highest BCUT2D eigenvalue weighted by Gasteiger charge is 2.52. The van der Waals surface area contributed by atoms with Crippen molar-refractivity contribution in [2.24, 2.45) is 17.3 Å². The number of hydrogen-bond acceptors (Lipinski definition) is 8. The van der Waals surface area contributed by atoms with Crippen LogP contribution in [0.5, 0.6) is 11.6 Å². The van der Waals surface area contributed by atoms with Crippen molar-refractivity contribution < 1.29 is 37.4 Å². The van der Waals surface area contributed by atoms with Crippen molar-refractivity contribution in [3.05, 3.63) is 23.9 Å². The van der Waals surface area contributed by atoms with Crippen LogP contribution in [-0.4, -0.2) is 70.1 Å². The number of alkyl carbamates (subject to hydrolysis) is 1. The Morgan fingerprint density at radius 1 is 0.980 bits per heavy atom. The number of ether oxygens (including phenoxy) is 3. The lowest BCUT2D eigenvalue weighted by molar-refractivity contribution is -0.142. The highest BCUT2D eigenvalue weighted by Crippen LogP contribution is 2.45. The Morgan fingerprint density at radius 2 is 1.69 bits per heavy atom. The number of ketones is 1. The van der Waals surface area contributed by atoms with E-state index in [2.05, 4.69) is 15.3 Å². The monoisotopic (exact) mass is 684 g/mol. The molecule has 0 radical (unpaired) electrons. The summed E-state index contributed by atoms with van der Waals surface area (Å²) < 4.78 is 50.2. The Bertz CT molecular complexity index is 1580. The first-order valence-electron chi connectivity index (χ1n) is 18.0. The third kappa shape index (κ3) is 6.93. The highest BCUT2D eigenvalue weighted by atomic mass is 19.3. The lowest BCUT2D eigenvalue weighted by atomic mass is 9.70. The van der Waals surface area contributed by atoms with E-state index in [0.717, 1.165) is 44.9 Å². The smallest absolute Gasteiger partial charge is 0.408 e. The van der Waals surface area contributed by atoms with Crippen LogP contribution in [0.4, 0.5) is 13.6 Å². The van der Waals surface area contributed by atoms with Crippen molar-refractivity contribution in [1.82, 2.24) is 20.2 Å². The first kappa shape index (κ1) is 35.3. The molecule has 12 heteroatoms.